The van der Waals surface area contributed by atoms with Crippen LogP contribution in [0.3, 0.4) is 0 Å². The predicted molar refractivity (Wildman–Crippen MR) is 92.2 cm³/mol. The normalized spacial score (nSPS) is 11.2. The van der Waals surface area contributed by atoms with Crippen LogP contribution in [0.25, 0.3) is 6.08 Å². The monoisotopic (exact) mass is 282 g/mol. The molecule has 2 rings (SSSR count). The second-order valence-electron chi connectivity index (χ2n) is 5.40. The third-order valence-electron chi connectivity index (χ3n) is 3.51. The zero-order valence-electron chi connectivity index (χ0n) is 12.7. The lowest BCUT2D eigenvalue weighted by Gasteiger charge is -2.05. The second kappa shape index (κ2) is 6.81. The second-order valence-corrected chi connectivity index (χ2v) is 6.30. The van der Waals surface area contributed by atoms with E-state index in [1.165, 1.54) is 33.4 Å². The Kier molecular flexibility index (Phi) is 5.08. The van der Waals surface area contributed by atoms with Crippen molar-refractivity contribution >= 4 is 17.8 Å². The first-order valence-corrected chi connectivity index (χ1v) is 8.02. The van der Waals surface area contributed by atoms with Crippen molar-refractivity contribution in [3.05, 3.63) is 75.2 Å². The Balaban J connectivity index is 1.97. The SMILES string of the molecule is Cc1ccc(C=CSCc2ccc(C)cc2C)c(C)c1. The first kappa shape index (κ1) is 14.9. The molecule has 0 radical (unpaired) electrons. The van der Waals surface area contributed by atoms with Gasteiger partial charge in [-0.2, -0.15) is 0 Å². The van der Waals surface area contributed by atoms with E-state index in [2.05, 4.69) is 75.6 Å². The summed E-state index contributed by atoms with van der Waals surface area (Å²) < 4.78 is 0. The minimum absolute atomic E-state index is 1.04. The van der Waals surface area contributed by atoms with E-state index in [4.69, 9.17) is 0 Å². The van der Waals surface area contributed by atoms with E-state index < -0.39 is 0 Å². The van der Waals surface area contributed by atoms with E-state index in [9.17, 15) is 0 Å². The Hall–Kier alpha value is -1.47. The molecule has 0 atom stereocenters. The smallest absolute Gasteiger partial charge is 0.0228 e. The molecule has 0 bridgehead atoms. The maximum Gasteiger partial charge on any atom is 0.0228 e. The Morgan fingerprint density at radius 2 is 1.50 bits per heavy atom. The molecule has 0 fully saturated rings. The molecule has 0 amide bonds. The maximum atomic E-state index is 2.25. The van der Waals surface area contributed by atoms with Crippen LogP contribution >= 0.6 is 11.8 Å². The van der Waals surface area contributed by atoms with Crippen LogP contribution in [0.5, 0.6) is 0 Å². The van der Waals surface area contributed by atoms with Gasteiger partial charge in [-0.15, -0.1) is 11.8 Å². The van der Waals surface area contributed by atoms with E-state index >= 15 is 0 Å². The number of thioether (sulfide) groups is 1. The van der Waals surface area contributed by atoms with Crippen LogP contribution in [-0.2, 0) is 5.75 Å². The predicted octanol–water partition coefficient (Wildman–Crippen LogP) is 5.82. The Morgan fingerprint density at radius 1 is 0.850 bits per heavy atom. The summed E-state index contributed by atoms with van der Waals surface area (Å²) in [4.78, 5) is 0. The lowest BCUT2D eigenvalue weighted by Crippen LogP contribution is -1.86. The van der Waals surface area contributed by atoms with Gasteiger partial charge in [0.1, 0.15) is 0 Å². The Morgan fingerprint density at radius 3 is 2.15 bits per heavy atom. The van der Waals surface area contributed by atoms with Crippen LogP contribution in [0.4, 0.5) is 0 Å². The van der Waals surface area contributed by atoms with E-state index in [0.29, 0.717) is 0 Å². The number of benzene rings is 2. The minimum Gasteiger partial charge on any atom is -0.129 e. The van der Waals surface area contributed by atoms with E-state index in [1.54, 1.807) is 0 Å². The van der Waals surface area contributed by atoms with Gasteiger partial charge in [0.25, 0.3) is 0 Å². The van der Waals surface area contributed by atoms with E-state index in [1.807, 2.05) is 11.8 Å². The highest BCUT2D eigenvalue weighted by molar-refractivity contribution is 8.01. The first-order chi connectivity index (χ1) is 9.56. The quantitative estimate of drug-likeness (QED) is 0.680. The standard InChI is InChI=1S/C19H22S/c1-14-5-7-18(16(3)11-14)9-10-20-13-19-8-6-15(2)12-17(19)4/h5-12H,13H2,1-4H3. The van der Waals surface area contributed by atoms with Crippen LogP contribution in [0.2, 0.25) is 0 Å². The number of rotatable bonds is 4. The van der Waals surface area contributed by atoms with Gasteiger partial charge >= 0.3 is 0 Å². The van der Waals surface area contributed by atoms with Gasteiger partial charge in [-0.1, -0.05) is 47.5 Å². The fourth-order valence-corrected chi connectivity index (χ4v) is 3.12. The van der Waals surface area contributed by atoms with Crippen molar-refractivity contribution in [3.63, 3.8) is 0 Å². The average molecular weight is 282 g/mol. The molecule has 2 aromatic rings. The average Bonchev–Trinajstić information content (AvgIpc) is 2.39. The fourth-order valence-electron chi connectivity index (χ4n) is 2.28. The van der Waals surface area contributed by atoms with Gasteiger partial charge in [-0.25, -0.2) is 0 Å². The van der Waals surface area contributed by atoms with Gasteiger partial charge < -0.3 is 0 Å². The molecule has 20 heavy (non-hydrogen) atoms. The lowest BCUT2D eigenvalue weighted by molar-refractivity contribution is 1.28. The third kappa shape index (κ3) is 4.01. The van der Waals surface area contributed by atoms with Gasteiger partial charge in [0.2, 0.25) is 0 Å². The molecule has 0 unspecified atom stereocenters. The summed E-state index contributed by atoms with van der Waals surface area (Å²) in [5, 5.41) is 2.21. The van der Waals surface area contributed by atoms with Gasteiger partial charge in [0, 0.05) is 5.75 Å². The van der Waals surface area contributed by atoms with Crippen molar-refractivity contribution < 1.29 is 0 Å². The van der Waals surface area contributed by atoms with Crippen molar-refractivity contribution in [1.29, 1.82) is 0 Å². The molecule has 1 heteroatoms. The van der Waals surface area contributed by atoms with Crippen molar-refractivity contribution in [2.24, 2.45) is 0 Å². The molecule has 0 heterocycles. The number of hydrogen-bond acceptors (Lipinski definition) is 1. The molecule has 0 spiro atoms. The van der Waals surface area contributed by atoms with Gasteiger partial charge in [0.15, 0.2) is 0 Å². The molecule has 0 aliphatic rings. The molecule has 0 N–H and O–H groups in total. The van der Waals surface area contributed by atoms with E-state index in [0.717, 1.165) is 5.75 Å². The summed E-state index contributed by atoms with van der Waals surface area (Å²) in [5.41, 5.74) is 8.12. The summed E-state index contributed by atoms with van der Waals surface area (Å²) >= 11 is 1.85. The largest absolute Gasteiger partial charge is 0.129 e. The van der Waals surface area contributed by atoms with Crippen molar-refractivity contribution in [2.75, 3.05) is 0 Å². The van der Waals surface area contributed by atoms with Gasteiger partial charge in [-0.05, 0) is 61.4 Å². The molecule has 104 valence electrons. The lowest BCUT2D eigenvalue weighted by atomic mass is 10.1. The highest BCUT2D eigenvalue weighted by Gasteiger charge is 1.98. The Bertz CT molecular complexity index is 624. The molecular formula is C19H22S. The zero-order chi connectivity index (χ0) is 14.5. The summed E-state index contributed by atoms with van der Waals surface area (Å²) in [6.07, 6.45) is 2.21. The highest BCUT2D eigenvalue weighted by Crippen LogP contribution is 2.20. The molecule has 0 aromatic heterocycles. The number of aryl methyl sites for hydroxylation is 4. The highest BCUT2D eigenvalue weighted by atomic mass is 32.2. The van der Waals surface area contributed by atoms with Crippen LogP contribution in [-0.4, -0.2) is 0 Å². The summed E-state index contributed by atoms with van der Waals surface area (Å²) in [6, 6.07) is 13.3. The summed E-state index contributed by atoms with van der Waals surface area (Å²) in [5.74, 6) is 1.04. The Labute approximate surface area is 126 Å². The van der Waals surface area contributed by atoms with Crippen molar-refractivity contribution in [2.45, 2.75) is 33.4 Å². The van der Waals surface area contributed by atoms with Crippen LogP contribution in [0.15, 0.2) is 41.8 Å². The third-order valence-corrected chi connectivity index (χ3v) is 4.31. The molecule has 0 saturated carbocycles. The molecular weight excluding hydrogens is 260 g/mol. The first-order valence-electron chi connectivity index (χ1n) is 6.98. The van der Waals surface area contributed by atoms with Crippen LogP contribution in [0, 0.1) is 27.7 Å². The van der Waals surface area contributed by atoms with Crippen molar-refractivity contribution in [3.8, 4) is 0 Å². The fraction of sp³-hybridized carbons (Fsp3) is 0.263. The summed E-state index contributed by atoms with van der Waals surface area (Å²) in [6.45, 7) is 8.64. The molecule has 2 aromatic carbocycles. The van der Waals surface area contributed by atoms with Crippen LogP contribution in [0.1, 0.15) is 33.4 Å². The van der Waals surface area contributed by atoms with Gasteiger partial charge in [-0.3, -0.25) is 0 Å². The van der Waals surface area contributed by atoms with E-state index in [-0.39, 0.29) is 0 Å². The molecule has 0 aliphatic heterocycles. The summed E-state index contributed by atoms with van der Waals surface area (Å²) in [7, 11) is 0. The maximum absolute atomic E-state index is 2.25. The van der Waals surface area contributed by atoms with Crippen molar-refractivity contribution in [1.82, 2.24) is 0 Å². The minimum atomic E-state index is 1.04. The zero-order valence-corrected chi connectivity index (χ0v) is 13.6. The number of hydrogen-bond donors (Lipinski definition) is 0. The molecule has 0 aliphatic carbocycles. The molecule has 0 saturated heterocycles. The van der Waals surface area contributed by atoms with Gasteiger partial charge in [0.05, 0.1) is 0 Å². The molecule has 0 nitrogen and oxygen atoms in total. The van der Waals surface area contributed by atoms with Crippen LogP contribution < -0.4 is 0 Å². The topological polar surface area (TPSA) is 0 Å².